The van der Waals surface area contributed by atoms with Gasteiger partial charge in [-0.2, -0.15) is 0 Å². The second-order valence-electron chi connectivity index (χ2n) is 5.78. The normalized spacial score (nSPS) is 11.7. The van der Waals surface area contributed by atoms with Crippen molar-refractivity contribution in [1.82, 2.24) is 10.2 Å². The zero-order valence-electron chi connectivity index (χ0n) is 13.3. The lowest BCUT2D eigenvalue weighted by Crippen LogP contribution is -2.24. The Hall–Kier alpha value is -1.52. The highest BCUT2D eigenvalue weighted by atomic mass is 16.3. The van der Waals surface area contributed by atoms with Gasteiger partial charge in [0.05, 0.1) is 25.6 Å². The Labute approximate surface area is 127 Å². The highest BCUT2D eigenvalue weighted by molar-refractivity contribution is 5.17. The summed E-state index contributed by atoms with van der Waals surface area (Å²) in [5, 5.41) is 3.47. The van der Waals surface area contributed by atoms with Gasteiger partial charge in [0, 0.05) is 12.1 Å². The van der Waals surface area contributed by atoms with Crippen LogP contribution < -0.4 is 5.32 Å². The molecule has 4 nitrogen and oxygen atoms in total. The average molecular weight is 290 g/mol. The monoisotopic (exact) mass is 290 g/mol. The molecule has 0 spiro atoms. The van der Waals surface area contributed by atoms with Crippen molar-refractivity contribution in [2.24, 2.45) is 5.92 Å². The Morgan fingerprint density at radius 1 is 1.14 bits per heavy atom. The summed E-state index contributed by atoms with van der Waals surface area (Å²) in [6.45, 7) is 11.0. The van der Waals surface area contributed by atoms with E-state index < -0.39 is 0 Å². The summed E-state index contributed by atoms with van der Waals surface area (Å²) in [7, 11) is 0. The minimum Gasteiger partial charge on any atom is -0.468 e. The third-order valence-electron chi connectivity index (χ3n) is 3.48. The first-order valence-electron chi connectivity index (χ1n) is 7.69. The van der Waals surface area contributed by atoms with Crippen LogP contribution in [0, 0.1) is 5.92 Å². The summed E-state index contributed by atoms with van der Waals surface area (Å²) in [4.78, 5) is 2.31. The number of nitrogens with one attached hydrogen (secondary N) is 1. The Bertz CT molecular complexity index is 503. The van der Waals surface area contributed by atoms with Crippen molar-refractivity contribution in [1.29, 1.82) is 0 Å². The van der Waals surface area contributed by atoms with Crippen LogP contribution in [-0.4, -0.2) is 18.0 Å². The minimum atomic E-state index is 0.659. The van der Waals surface area contributed by atoms with E-state index in [0.717, 1.165) is 44.2 Å². The van der Waals surface area contributed by atoms with Gasteiger partial charge in [-0.25, -0.2) is 0 Å². The maximum atomic E-state index is 5.66. The molecule has 0 saturated heterocycles. The third kappa shape index (κ3) is 5.06. The quantitative estimate of drug-likeness (QED) is 0.765. The van der Waals surface area contributed by atoms with Crippen LogP contribution in [0.4, 0.5) is 0 Å². The van der Waals surface area contributed by atoms with Gasteiger partial charge in [-0.05, 0) is 37.2 Å². The fraction of sp³-hybridized carbons (Fsp3) is 0.529. The number of furan rings is 2. The van der Waals surface area contributed by atoms with Crippen LogP contribution in [0.1, 0.15) is 37.9 Å². The van der Waals surface area contributed by atoms with E-state index in [1.54, 1.807) is 12.5 Å². The summed E-state index contributed by atoms with van der Waals surface area (Å²) >= 11 is 0. The van der Waals surface area contributed by atoms with Crippen molar-refractivity contribution in [2.75, 3.05) is 13.1 Å². The van der Waals surface area contributed by atoms with E-state index in [1.807, 2.05) is 12.1 Å². The van der Waals surface area contributed by atoms with Crippen molar-refractivity contribution >= 4 is 0 Å². The van der Waals surface area contributed by atoms with E-state index >= 15 is 0 Å². The van der Waals surface area contributed by atoms with Gasteiger partial charge in [-0.1, -0.05) is 20.8 Å². The molecule has 2 rings (SSSR count). The topological polar surface area (TPSA) is 41.6 Å². The van der Waals surface area contributed by atoms with Gasteiger partial charge in [0.25, 0.3) is 0 Å². The third-order valence-corrected chi connectivity index (χ3v) is 3.48. The molecule has 2 aromatic heterocycles. The molecule has 4 heteroatoms. The molecule has 0 atom stereocenters. The zero-order valence-corrected chi connectivity index (χ0v) is 13.3. The van der Waals surface area contributed by atoms with Crippen LogP contribution >= 0.6 is 0 Å². The van der Waals surface area contributed by atoms with Crippen LogP contribution in [0.25, 0.3) is 0 Å². The fourth-order valence-electron chi connectivity index (χ4n) is 2.26. The molecule has 0 bridgehead atoms. The summed E-state index contributed by atoms with van der Waals surface area (Å²) < 4.78 is 11.1. The minimum absolute atomic E-state index is 0.659. The summed E-state index contributed by atoms with van der Waals surface area (Å²) in [5.41, 5.74) is 1.24. The van der Waals surface area contributed by atoms with Crippen LogP contribution in [-0.2, 0) is 19.6 Å². The summed E-state index contributed by atoms with van der Waals surface area (Å²) in [5.74, 6) is 2.69. The second kappa shape index (κ2) is 8.05. The van der Waals surface area contributed by atoms with Gasteiger partial charge in [0.1, 0.15) is 11.5 Å². The predicted molar refractivity (Wildman–Crippen MR) is 83.7 cm³/mol. The maximum Gasteiger partial charge on any atom is 0.122 e. The number of hydrogen-bond donors (Lipinski definition) is 1. The molecule has 0 aromatic carbocycles. The smallest absolute Gasteiger partial charge is 0.122 e. The number of hydrogen-bond acceptors (Lipinski definition) is 4. The Balaban J connectivity index is 1.90. The molecule has 0 aliphatic rings. The van der Waals surface area contributed by atoms with Gasteiger partial charge in [0.2, 0.25) is 0 Å². The molecular formula is C17H26N2O2. The fourth-order valence-corrected chi connectivity index (χ4v) is 2.26. The maximum absolute atomic E-state index is 5.66. The van der Waals surface area contributed by atoms with Gasteiger partial charge in [-0.15, -0.1) is 0 Å². The summed E-state index contributed by atoms with van der Waals surface area (Å²) in [6, 6.07) is 6.00. The molecule has 0 amide bonds. The van der Waals surface area contributed by atoms with Crippen LogP contribution in [0.3, 0.4) is 0 Å². The molecule has 0 fully saturated rings. The van der Waals surface area contributed by atoms with Gasteiger partial charge < -0.3 is 14.2 Å². The zero-order chi connectivity index (χ0) is 15.1. The first-order chi connectivity index (χ1) is 10.2. The lowest BCUT2D eigenvalue weighted by atomic mass is 10.2. The Morgan fingerprint density at radius 2 is 2.00 bits per heavy atom. The molecule has 2 heterocycles. The lowest BCUT2D eigenvalue weighted by molar-refractivity contribution is 0.227. The Morgan fingerprint density at radius 3 is 2.67 bits per heavy atom. The van der Waals surface area contributed by atoms with E-state index in [2.05, 4.69) is 37.1 Å². The molecule has 0 unspecified atom stereocenters. The molecule has 21 heavy (non-hydrogen) atoms. The number of nitrogens with zero attached hydrogens (tertiary/aromatic N) is 1. The van der Waals surface area contributed by atoms with E-state index in [1.165, 1.54) is 5.56 Å². The van der Waals surface area contributed by atoms with Gasteiger partial charge >= 0.3 is 0 Å². The molecular weight excluding hydrogens is 264 g/mol. The first kappa shape index (κ1) is 15.9. The highest BCUT2D eigenvalue weighted by Crippen LogP contribution is 2.15. The molecule has 116 valence electrons. The van der Waals surface area contributed by atoms with Gasteiger partial charge in [0.15, 0.2) is 0 Å². The highest BCUT2D eigenvalue weighted by Gasteiger charge is 2.12. The molecule has 0 radical (unpaired) electrons. The van der Waals surface area contributed by atoms with Crippen molar-refractivity contribution in [3.05, 3.63) is 47.8 Å². The van der Waals surface area contributed by atoms with Crippen molar-refractivity contribution in [3.63, 3.8) is 0 Å². The molecule has 2 aromatic rings. The second-order valence-corrected chi connectivity index (χ2v) is 5.78. The largest absolute Gasteiger partial charge is 0.468 e. The standard InChI is InChI=1S/C17H26N2O2/c1-4-19(12-16-6-5-8-20-16)13-17-15(7-9-21-17)11-18-10-14(2)3/h5-9,14,18H,4,10-13H2,1-3H3. The van der Waals surface area contributed by atoms with E-state index in [4.69, 9.17) is 8.83 Å². The van der Waals surface area contributed by atoms with Gasteiger partial charge in [-0.3, -0.25) is 4.90 Å². The molecule has 1 N–H and O–H groups in total. The Kier molecular flexibility index (Phi) is 6.08. The predicted octanol–water partition coefficient (Wildman–Crippen LogP) is 3.64. The molecule has 0 saturated carbocycles. The molecule has 0 aliphatic heterocycles. The van der Waals surface area contributed by atoms with E-state index in [9.17, 15) is 0 Å². The van der Waals surface area contributed by atoms with Crippen LogP contribution in [0.15, 0.2) is 39.6 Å². The summed E-state index contributed by atoms with van der Waals surface area (Å²) in [6.07, 6.45) is 3.50. The lowest BCUT2D eigenvalue weighted by Gasteiger charge is -2.18. The van der Waals surface area contributed by atoms with Crippen molar-refractivity contribution < 1.29 is 8.83 Å². The SMILES string of the molecule is CCN(Cc1ccco1)Cc1occc1CNCC(C)C. The van der Waals surface area contributed by atoms with E-state index in [-0.39, 0.29) is 0 Å². The van der Waals surface area contributed by atoms with Crippen LogP contribution in [0.5, 0.6) is 0 Å². The first-order valence-corrected chi connectivity index (χ1v) is 7.69. The average Bonchev–Trinajstić information content (AvgIpc) is 3.10. The number of rotatable bonds is 9. The van der Waals surface area contributed by atoms with Crippen molar-refractivity contribution in [2.45, 2.75) is 40.4 Å². The van der Waals surface area contributed by atoms with E-state index in [0.29, 0.717) is 5.92 Å². The van der Waals surface area contributed by atoms with Crippen molar-refractivity contribution in [3.8, 4) is 0 Å². The molecule has 0 aliphatic carbocycles. The van der Waals surface area contributed by atoms with Crippen LogP contribution in [0.2, 0.25) is 0 Å².